The van der Waals surface area contributed by atoms with Crippen LogP contribution in [-0.4, -0.2) is 28.3 Å². The topological polar surface area (TPSA) is 29.1 Å². The second kappa shape index (κ2) is 6.01. The van der Waals surface area contributed by atoms with Crippen LogP contribution in [0.5, 0.6) is 0 Å². The zero-order valence-electron chi connectivity index (χ0n) is 8.64. The summed E-state index contributed by atoms with van der Waals surface area (Å²) >= 11 is 5.17. The van der Waals surface area contributed by atoms with Gasteiger partial charge < -0.3 is 5.32 Å². The summed E-state index contributed by atoms with van der Waals surface area (Å²) < 4.78 is -0.144. The molecular formula is C10H18BrNOS. The van der Waals surface area contributed by atoms with Gasteiger partial charge in [-0.3, -0.25) is 4.79 Å². The minimum atomic E-state index is -0.144. The van der Waals surface area contributed by atoms with Crippen molar-refractivity contribution < 1.29 is 4.79 Å². The molecule has 14 heavy (non-hydrogen) atoms. The second-order valence-electron chi connectivity index (χ2n) is 3.83. The number of hydrogen-bond acceptors (Lipinski definition) is 2. The van der Waals surface area contributed by atoms with Crippen LogP contribution in [0.3, 0.4) is 0 Å². The van der Waals surface area contributed by atoms with E-state index in [2.05, 4.69) is 28.2 Å². The molecule has 0 bridgehead atoms. The number of halogens is 1. The molecule has 1 unspecified atom stereocenters. The van der Waals surface area contributed by atoms with Crippen molar-refractivity contribution in [3.63, 3.8) is 0 Å². The fourth-order valence-electron chi connectivity index (χ4n) is 1.57. The van der Waals surface area contributed by atoms with Crippen molar-refractivity contribution >= 4 is 33.6 Å². The van der Waals surface area contributed by atoms with Crippen LogP contribution in [-0.2, 0) is 4.79 Å². The van der Waals surface area contributed by atoms with Crippen molar-refractivity contribution in [2.24, 2.45) is 0 Å². The standard InChI is InChI=1S/C10H18BrNOS/c1-10(5-4-8-14-10)9(13)12-7-3-2-6-11/h2-8H2,1H3,(H,12,13). The number of unbranched alkanes of at least 4 members (excludes halogenated alkanes) is 1. The third-order valence-corrected chi connectivity index (χ3v) is 4.63. The average molecular weight is 280 g/mol. The molecule has 0 aromatic carbocycles. The van der Waals surface area contributed by atoms with Gasteiger partial charge in [0, 0.05) is 11.9 Å². The molecule has 1 rings (SSSR count). The molecule has 0 aromatic rings. The van der Waals surface area contributed by atoms with Gasteiger partial charge in [-0.1, -0.05) is 15.9 Å². The first-order chi connectivity index (χ1) is 6.69. The lowest BCUT2D eigenvalue weighted by Gasteiger charge is -2.21. The average Bonchev–Trinajstić information content (AvgIpc) is 2.61. The monoisotopic (exact) mass is 279 g/mol. The van der Waals surface area contributed by atoms with E-state index in [4.69, 9.17) is 0 Å². The van der Waals surface area contributed by atoms with E-state index >= 15 is 0 Å². The minimum absolute atomic E-state index is 0.144. The Kier molecular flexibility index (Phi) is 5.31. The van der Waals surface area contributed by atoms with Crippen molar-refractivity contribution in [3.8, 4) is 0 Å². The summed E-state index contributed by atoms with van der Waals surface area (Å²) in [5, 5.41) is 4.04. The van der Waals surface area contributed by atoms with Crippen LogP contribution < -0.4 is 5.32 Å². The molecule has 1 aliphatic heterocycles. The Hall–Kier alpha value is 0.300. The lowest BCUT2D eigenvalue weighted by atomic mass is 10.1. The smallest absolute Gasteiger partial charge is 0.235 e. The predicted molar refractivity (Wildman–Crippen MR) is 66.1 cm³/mol. The van der Waals surface area contributed by atoms with Crippen molar-refractivity contribution in [3.05, 3.63) is 0 Å². The Labute approximate surface area is 98.7 Å². The number of rotatable bonds is 5. The van der Waals surface area contributed by atoms with Crippen LogP contribution in [0.1, 0.15) is 32.6 Å². The molecule has 2 nitrogen and oxygen atoms in total. The van der Waals surface area contributed by atoms with Gasteiger partial charge in [-0.05, 0) is 38.4 Å². The first-order valence-corrected chi connectivity index (χ1v) is 7.28. The summed E-state index contributed by atoms with van der Waals surface area (Å²) in [6.07, 6.45) is 4.40. The van der Waals surface area contributed by atoms with Crippen LogP contribution in [0, 0.1) is 0 Å². The van der Waals surface area contributed by atoms with Gasteiger partial charge >= 0.3 is 0 Å². The van der Waals surface area contributed by atoms with E-state index < -0.39 is 0 Å². The molecule has 0 aliphatic carbocycles. The van der Waals surface area contributed by atoms with Gasteiger partial charge in [0.2, 0.25) is 5.91 Å². The third kappa shape index (κ3) is 3.46. The summed E-state index contributed by atoms with van der Waals surface area (Å²) in [7, 11) is 0. The maximum Gasteiger partial charge on any atom is 0.235 e. The molecule has 0 aromatic heterocycles. The number of carbonyl (C=O) groups excluding carboxylic acids is 1. The molecular weight excluding hydrogens is 262 g/mol. The molecule has 1 saturated heterocycles. The maximum absolute atomic E-state index is 11.8. The molecule has 1 fully saturated rings. The van der Waals surface area contributed by atoms with Gasteiger partial charge in [-0.2, -0.15) is 0 Å². The number of alkyl halides is 1. The van der Waals surface area contributed by atoms with Crippen LogP contribution >= 0.6 is 27.7 Å². The molecule has 0 spiro atoms. The van der Waals surface area contributed by atoms with Crippen LogP contribution in [0.15, 0.2) is 0 Å². The normalized spacial score (nSPS) is 26.4. The Bertz CT molecular complexity index is 193. The summed E-state index contributed by atoms with van der Waals surface area (Å²) in [6, 6.07) is 0. The molecule has 82 valence electrons. The van der Waals surface area contributed by atoms with Crippen molar-refractivity contribution in [1.29, 1.82) is 0 Å². The fraction of sp³-hybridized carbons (Fsp3) is 0.900. The highest BCUT2D eigenvalue weighted by atomic mass is 79.9. The number of thioether (sulfide) groups is 1. The Morgan fingerprint density at radius 2 is 2.36 bits per heavy atom. The third-order valence-electron chi connectivity index (χ3n) is 2.55. The molecule has 0 radical (unpaired) electrons. The molecule has 0 saturated carbocycles. The van der Waals surface area contributed by atoms with Gasteiger partial charge in [-0.25, -0.2) is 0 Å². The van der Waals surface area contributed by atoms with Crippen molar-refractivity contribution in [2.45, 2.75) is 37.4 Å². The van der Waals surface area contributed by atoms with Gasteiger partial charge in [0.25, 0.3) is 0 Å². The van der Waals surface area contributed by atoms with Crippen LogP contribution in [0.25, 0.3) is 0 Å². The zero-order chi connectivity index (χ0) is 10.4. The minimum Gasteiger partial charge on any atom is -0.355 e. The van der Waals surface area contributed by atoms with Gasteiger partial charge in [0.15, 0.2) is 0 Å². The molecule has 1 aliphatic rings. The predicted octanol–water partition coefficient (Wildman–Crippen LogP) is 2.56. The SMILES string of the molecule is CC1(C(=O)NCCCCBr)CCCS1. The van der Waals surface area contributed by atoms with Gasteiger partial charge in [-0.15, -0.1) is 11.8 Å². The van der Waals surface area contributed by atoms with Gasteiger partial charge in [0.1, 0.15) is 0 Å². The van der Waals surface area contributed by atoms with E-state index in [-0.39, 0.29) is 10.7 Å². The zero-order valence-corrected chi connectivity index (χ0v) is 11.0. The van der Waals surface area contributed by atoms with E-state index in [9.17, 15) is 4.79 Å². The van der Waals surface area contributed by atoms with Crippen LogP contribution in [0.2, 0.25) is 0 Å². The second-order valence-corrected chi connectivity index (χ2v) is 6.23. The van der Waals surface area contributed by atoms with E-state index in [1.54, 1.807) is 11.8 Å². The number of nitrogens with one attached hydrogen (secondary N) is 1. The Balaban J connectivity index is 2.20. The highest BCUT2D eigenvalue weighted by Crippen LogP contribution is 2.37. The lowest BCUT2D eigenvalue weighted by molar-refractivity contribution is -0.123. The largest absolute Gasteiger partial charge is 0.355 e. The van der Waals surface area contributed by atoms with Crippen molar-refractivity contribution in [1.82, 2.24) is 5.32 Å². The molecule has 1 atom stereocenters. The molecule has 1 N–H and O–H groups in total. The summed E-state index contributed by atoms with van der Waals surface area (Å²) in [5.41, 5.74) is 0. The molecule has 1 amide bonds. The summed E-state index contributed by atoms with van der Waals surface area (Å²) in [4.78, 5) is 11.8. The highest BCUT2D eigenvalue weighted by molar-refractivity contribution is 9.09. The fourth-order valence-corrected chi connectivity index (χ4v) is 3.19. The first kappa shape index (κ1) is 12.4. The summed E-state index contributed by atoms with van der Waals surface area (Å²) in [6.45, 7) is 2.88. The van der Waals surface area contributed by atoms with E-state index in [1.807, 2.05) is 0 Å². The number of carbonyl (C=O) groups is 1. The highest BCUT2D eigenvalue weighted by Gasteiger charge is 2.36. The van der Waals surface area contributed by atoms with E-state index in [0.717, 1.165) is 36.9 Å². The molecule has 1 heterocycles. The Morgan fingerprint density at radius 1 is 1.57 bits per heavy atom. The number of hydrogen-bond donors (Lipinski definition) is 1. The first-order valence-electron chi connectivity index (χ1n) is 5.17. The maximum atomic E-state index is 11.8. The van der Waals surface area contributed by atoms with Crippen LogP contribution in [0.4, 0.5) is 0 Å². The number of amides is 1. The Morgan fingerprint density at radius 3 is 2.93 bits per heavy atom. The molecule has 4 heteroatoms. The van der Waals surface area contributed by atoms with Crippen molar-refractivity contribution in [2.75, 3.05) is 17.6 Å². The van der Waals surface area contributed by atoms with E-state index in [0.29, 0.717) is 0 Å². The quantitative estimate of drug-likeness (QED) is 0.619. The lowest BCUT2D eigenvalue weighted by Crippen LogP contribution is -2.40. The summed E-state index contributed by atoms with van der Waals surface area (Å²) in [5.74, 6) is 1.36. The van der Waals surface area contributed by atoms with Gasteiger partial charge in [0.05, 0.1) is 4.75 Å². The van der Waals surface area contributed by atoms with E-state index in [1.165, 1.54) is 6.42 Å².